The average molecular weight is 759 g/mol. The van der Waals surface area contributed by atoms with Crippen molar-refractivity contribution >= 4 is 39.0 Å². The third-order valence-electron chi connectivity index (χ3n) is 11.7. The van der Waals surface area contributed by atoms with E-state index in [4.69, 9.17) is 19.4 Å². The summed E-state index contributed by atoms with van der Waals surface area (Å²) in [4.78, 5) is 17.4. The van der Waals surface area contributed by atoms with Crippen molar-refractivity contribution in [3.63, 3.8) is 0 Å². The Morgan fingerprint density at radius 2 is 0.932 bits per heavy atom. The molecule has 0 amide bonds. The number of hydrogen-bond acceptors (Lipinski definition) is 5. The molecule has 0 saturated heterocycles. The lowest BCUT2D eigenvalue weighted by Crippen LogP contribution is -2.16. The minimum atomic E-state index is -0.144. The van der Waals surface area contributed by atoms with Gasteiger partial charge in [-0.2, -0.15) is 0 Å². The van der Waals surface area contributed by atoms with Gasteiger partial charge in [-0.3, -0.25) is 0 Å². The summed E-state index contributed by atoms with van der Waals surface area (Å²) in [6, 6.07) is 67.9. The highest BCUT2D eigenvalue weighted by Gasteiger charge is 2.36. The van der Waals surface area contributed by atoms with Crippen LogP contribution < -0.4 is 4.90 Å². The Labute approximate surface area is 342 Å². The Hall–Kier alpha value is -7.63. The normalized spacial score (nSPS) is 12.7. The van der Waals surface area contributed by atoms with Gasteiger partial charge in [0.05, 0.1) is 0 Å². The van der Waals surface area contributed by atoms with Gasteiger partial charge in [0.1, 0.15) is 11.2 Å². The van der Waals surface area contributed by atoms with Crippen LogP contribution in [0.4, 0.5) is 17.1 Å². The SMILES string of the molecule is CC1(C)c2ccccc2-c2ccc(N(c3cccc(-c4ccccc4)c3)c3ccc4c(c3)oc3cccc(-c5nc(-c6ccccc6)nc(-c6ccccc6)n5)c34)cc21. The number of benzene rings is 8. The first-order chi connectivity index (χ1) is 29.0. The minimum absolute atomic E-state index is 0.144. The van der Waals surface area contributed by atoms with Gasteiger partial charge in [-0.25, -0.2) is 15.0 Å². The van der Waals surface area contributed by atoms with Gasteiger partial charge in [0, 0.05) is 56.0 Å². The Bertz CT molecular complexity index is 3130. The zero-order valence-corrected chi connectivity index (χ0v) is 32.7. The van der Waals surface area contributed by atoms with Crippen LogP contribution in [0.1, 0.15) is 25.0 Å². The zero-order chi connectivity index (χ0) is 39.5. The summed E-state index contributed by atoms with van der Waals surface area (Å²) < 4.78 is 6.75. The number of rotatable bonds is 7. The quantitative estimate of drug-likeness (QED) is 0.162. The monoisotopic (exact) mass is 758 g/mol. The second kappa shape index (κ2) is 13.8. The summed E-state index contributed by atoms with van der Waals surface area (Å²) in [5.41, 5.74) is 14.9. The molecule has 0 saturated carbocycles. The highest BCUT2D eigenvalue weighted by atomic mass is 16.3. The fourth-order valence-electron chi connectivity index (χ4n) is 8.80. The number of fused-ring (bicyclic) bond motifs is 6. The molecule has 1 aliphatic carbocycles. The fraction of sp³-hybridized carbons (Fsp3) is 0.0556. The van der Waals surface area contributed by atoms with E-state index in [-0.39, 0.29) is 5.41 Å². The number of aromatic nitrogens is 3. The molecule has 0 N–H and O–H groups in total. The van der Waals surface area contributed by atoms with Gasteiger partial charge in [-0.1, -0.05) is 159 Å². The highest BCUT2D eigenvalue weighted by molar-refractivity contribution is 6.12. The molecule has 0 radical (unpaired) electrons. The van der Waals surface area contributed by atoms with Crippen LogP contribution in [-0.4, -0.2) is 15.0 Å². The van der Waals surface area contributed by atoms with Gasteiger partial charge in [0.15, 0.2) is 17.5 Å². The largest absolute Gasteiger partial charge is 0.456 e. The Kier molecular flexibility index (Phi) is 8.09. The molecule has 0 spiro atoms. The van der Waals surface area contributed by atoms with Gasteiger partial charge in [-0.05, 0) is 75.8 Å². The summed E-state index contributed by atoms with van der Waals surface area (Å²) in [6.45, 7) is 4.66. The molecule has 5 nitrogen and oxygen atoms in total. The van der Waals surface area contributed by atoms with Crippen molar-refractivity contribution in [2.45, 2.75) is 19.3 Å². The number of furan rings is 1. The van der Waals surface area contributed by atoms with Crippen molar-refractivity contribution in [3.8, 4) is 56.4 Å². The average Bonchev–Trinajstić information content (AvgIpc) is 3.78. The molecular weight excluding hydrogens is 721 g/mol. The molecule has 2 heterocycles. The number of anilines is 3. The number of nitrogens with zero attached hydrogens (tertiary/aromatic N) is 4. The van der Waals surface area contributed by atoms with Crippen molar-refractivity contribution in [1.82, 2.24) is 15.0 Å². The Morgan fingerprint density at radius 1 is 0.390 bits per heavy atom. The first-order valence-corrected chi connectivity index (χ1v) is 20.0. The third-order valence-corrected chi connectivity index (χ3v) is 11.7. The molecular formula is C54H38N4O. The molecule has 0 atom stereocenters. The molecule has 0 bridgehead atoms. The van der Waals surface area contributed by atoms with E-state index in [0.29, 0.717) is 17.5 Å². The molecule has 0 unspecified atom stereocenters. The molecule has 5 heteroatoms. The first-order valence-electron chi connectivity index (χ1n) is 20.0. The lowest BCUT2D eigenvalue weighted by atomic mass is 9.82. The zero-order valence-electron chi connectivity index (χ0n) is 32.7. The van der Waals surface area contributed by atoms with Crippen molar-refractivity contribution in [1.29, 1.82) is 0 Å². The topological polar surface area (TPSA) is 55.1 Å². The lowest BCUT2D eigenvalue weighted by Gasteiger charge is -2.28. The molecule has 59 heavy (non-hydrogen) atoms. The van der Waals surface area contributed by atoms with Crippen molar-refractivity contribution < 1.29 is 4.42 Å². The van der Waals surface area contributed by atoms with Gasteiger partial charge in [0.2, 0.25) is 0 Å². The second-order valence-electron chi connectivity index (χ2n) is 15.7. The molecule has 10 aromatic rings. The molecule has 2 aromatic heterocycles. The summed E-state index contributed by atoms with van der Waals surface area (Å²) >= 11 is 0. The van der Waals surface area contributed by atoms with Crippen molar-refractivity contribution in [2.75, 3.05) is 4.90 Å². The lowest BCUT2D eigenvalue weighted by molar-refractivity contribution is 0.660. The van der Waals surface area contributed by atoms with E-state index >= 15 is 0 Å². The molecule has 8 aromatic carbocycles. The van der Waals surface area contributed by atoms with Crippen LogP contribution >= 0.6 is 0 Å². The van der Waals surface area contributed by atoms with Crippen molar-refractivity contribution in [3.05, 3.63) is 205 Å². The maximum Gasteiger partial charge on any atom is 0.164 e. The van der Waals surface area contributed by atoms with Crippen LogP contribution in [0.15, 0.2) is 199 Å². The molecule has 0 fully saturated rings. The number of hydrogen-bond donors (Lipinski definition) is 0. The van der Waals surface area contributed by atoms with E-state index < -0.39 is 0 Å². The van der Waals surface area contributed by atoms with Crippen LogP contribution in [0.3, 0.4) is 0 Å². The summed E-state index contributed by atoms with van der Waals surface area (Å²) in [5.74, 6) is 1.84. The second-order valence-corrected chi connectivity index (χ2v) is 15.7. The molecule has 0 aliphatic heterocycles. The van der Waals surface area contributed by atoms with Gasteiger partial charge in [-0.15, -0.1) is 0 Å². The van der Waals surface area contributed by atoms with E-state index in [9.17, 15) is 0 Å². The van der Waals surface area contributed by atoms with E-state index in [0.717, 1.165) is 61.3 Å². The minimum Gasteiger partial charge on any atom is -0.456 e. The predicted molar refractivity (Wildman–Crippen MR) is 241 cm³/mol. The maximum atomic E-state index is 6.75. The van der Waals surface area contributed by atoms with E-state index in [1.54, 1.807) is 0 Å². The van der Waals surface area contributed by atoms with Crippen LogP contribution in [0, 0.1) is 0 Å². The van der Waals surface area contributed by atoms with Gasteiger partial charge < -0.3 is 9.32 Å². The smallest absolute Gasteiger partial charge is 0.164 e. The van der Waals surface area contributed by atoms with Crippen LogP contribution in [-0.2, 0) is 5.41 Å². The van der Waals surface area contributed by atoms with E-state index in [2.05, 4.69) is 140 Å². The Balaban J connectivity index is 1.08. The molecule has 11 rings (SSSR count). The summed E-state index contributed by atoms with van der Waals surface area (Å²) in [5, 5.41) is 1.96. The molecule has 1 aliphatic rings. The van der Waals surface area contributed by atoms with Gasteiger partial charge >= 0.3 is 0 Å². The van der Waals surface area contributed by atoms with Crippen LogP contribution in [0.2, 0.25) is 0 Å². The fourth-order valence-corrected chi connectivity index (χ4v) is 8.80. The summed E-state index contributed by atoms with van der Waals surface area (Å²) in [6.07, 6.45) is 0. The summed E-state index contributed by atoms with van der Waals surface area (Å²) in [7, 11) is 0. The highest BCUT2D eigenvalue weighted by Crippen LogP contribution is 2.51. The van der Waals surface area contributed by atoms with Crippen molar-refractivity contribution in [2.24, 2.45) is 0 Å². The Morgan fingerprint density at radius 3 is 1.66 bits per heavy atom. The maximum absolute atomic E-state index is 6.75. The first kappa shape index (κ1) is 34.6. The van der Waals surface area contributed by atoms with Crippen LogP contribution in [0.25, 0.3) is 78.4 Å². The standard InChI is InChI=1S/C54H38N4O/c1-54(2)46-26-13-12-24-42(46)43-30-28-40(33-47(43)54)58(39-23-14-22-38(32-39)35-16-6-3-7-17-35)41-29-31-44-49(34-41)59-48-27-15-25-45(50(44)48)53-56-51(36-18-8-4-9-19-36)55-52(57-53)37-20-10-5-11-21-37/h3-34H,1-2H3. The van der Waals surface area contributed by atoms with Crippen LogP contribution in [0.5, 0.6) is 0 Å². The van der Waals surface area contributed by atoms with Gasteiger partial charge in [0.25, 0.3) is 0 Å². The van der Waals surface area contributed by atoms with E-state index in [1.807, 2.05) is 72.8 Å². The van der Waals surface area contributed by atoms with E-state index in [1.165, 1.54) is 27.8 Å². The third kappa shape index (κ3) is 5.90. The predicted octanol–water partition coefficient (Wildman–Crippen LogP) is 14.2. The molecule has 280 valence electrons.